The van der Waals surface area contributed by atoms with Crippen LogP contribution < -0.4 is 0 Å². The van der Waals surface area contributed by atoms with E-state index < -0.39 is 0 Å². The number of amides is 1. The third-order valence-corrected chi connectivity index (χ3v) is 5.45. The fourth-order valence-electron chi connectivity index (χ4n) is 3.62. The summed E-state index contributed by atoms with van der Waals surface area (Å²) in [5, 5.41) is 0. The van der Waals surface area contributed by atoms with Crippen molar-refractivity contribution >= 4 is 11.9 Å². The number of carbonyl (C=O) groups is 2. The second kappa shape index (κ2) is 12.5. The number of benzene rings is 1. The lowest BCUT2D eigenvalue weighted by Crippen LogP contribution is -2.40. The van der Waals surface area contributed by atoms with Gasteiger partial charge in [0.25, 0.3) is 5.91 Å². The molecule has 156 valence electrons. The maximum absolute atomic E-state index is 13.0. The zero-order chi connectivity index (χ0) is 20.2. The molecule has 0 bridgehead atoms. The Kier molecular flexibility index (Phi) is 10.0. The van der Waals surface area contributed by atoms with Gasteiger partial charge in [-0.3, -0.25) is 9.59 Å². The summed E-state index contributed by atoms with van der Waals surface area (Å²) in [6.07, 6.45) is 11.0. The number of unbranched alkanes of at least 4 members (excludes halogenated alkanes) is 7. The zero-order valence-corrected chi connectivity index (χ0v) is 17.1. The van der Waals surface area contributed by atoms with E-state index in [1.807, 2.05) is 0 Å². The highest BCUT2D eigenvalue weighted by Gasteiger charge is 2.28. The Morgan fingerprint density at radius 3 is 2.14 bits per heavy atom. The molecule has 1 aliphatic heterocycles. The predicted octanol–water partition coefficient (Wildman–Crippen LogP) is 5.36. The van der Waals surface area contributed by atoms with E-state index in [1.165, 1.54) is 62.8 Å². The first-order valence-electron chi connectivity index (χ1n) is 10.8. The predicted molar refractivity (Wildman–Crippen MR) is 109 cm³/mol. The number of hydrogen-bond donors (Lipinski definition) is 0. The number of carbonyl (C=O) groups excluding carboxylic acids is 2. The number of nitrogens with zero attached hydrogens (tertiary/aromatic N) is 1. The lowest BCUT2D eigenvalue weighted by atomic mass is 9.96. The summed E-state index contributed by atoms with van der Waals surface area (Å²) in [6, 6.07) is 5.59. The molecule has 5 heteroatoms. The first kappa shape index (κ1) is 22.4. The molecule has 0 unspecified atom stereocenters. The van der Waals surface area contributed by atoms with Crippen molar-refractivity contribution in [1.29, 1.82) is 0 Å². The normalized spacial score (nSPS) is 14.9. The van der Waals surface area contributed by atoms with Gasteiger partial charge in [0.2, 0.25) is 0 Å². The van der Waals surface area contributed by atoms with Crippen LogP contribution >= 0.6 is 0 Å². The SMILES string of the molecule is CCCCCCCCCCOC(=O)C1CCN(C(=O)c2ccc(F)cc2)CC1. The van der Waals surface area contributed by atoms with Gasteiger partial charge in [0, 0.05) is 18.7 Å². The van der Waals surface area contributed by atoms with Crippen LogP contribution in [-0.2, 0) is 9.53 Å². The molecule has 0 radical (unpaired) electrons. The first-order chi connectivity index (χ1) is 13.6. The summed E-state index contributed by atoms with van der Waals surface area (Å²) in [4.78, 5) is 26.4. The number of hydrogen-bond acceptors (Lipinski definition) is 3. The summed E-state index contributed by atoms with van der Waals surface area (Å²) in [5.74, 6) is -0.705. The van der Waals surface area contributed by atoms with Crippen LogP contribution in [-0.4, -0.2) is 36.5 Å². The molecule has 1 aliphatic rings. The van der Waals surface area contributed by atoms with Crippen LogP contribution in [0.15, 0.2) is 24.3 Å². The summed E-state index contributed by atoms with van der Waals surface area (Å²) >= 11 is 0. The molecule has 28 heavy (non-hydrogen) atoms. The van der Waals surface area contributed by atoms with Gasteiger partial charge in [-0.15, -0.1) is 0 Å². The van der Waals surface area contributed by atoms with Crippen LogP contribution in [0.2, 0.25) is 0 Å². The minimum atomic E-state index is -0.352. The number of halogens is 1. The Morgan fingerprint density at radius 1 is 0.964 bits per heavy atom. The van der Waals surface area contributed by atoms with E-state index >= 15 is 0 Å². The fraction of sp³-hybridized carbons (Fsp3) is 0.652. The molecule has 4 nitrogen and oxygen atoms in total. The maximum atomic E-state index is 13.0. The summed E-state index contributed by atoms with van der Waals surface area (Å²) in [7, 11) is 0. The van der Waals surface area contributed by atoms with Crippen molar-refractivity contribution in [3.05, 3.63) is 35.6 Å². The van der Waals surface area contributed by atoms with E-state index in [-0.39, 0.29) is 23.6 Å². The van der Waals surface area contributed by atoms with Crippen LogP contribution in [0.3, 0.4) is 0 Å². The van der Waals surface area contributed by atoms with Gasteiger partial charge < -0.3 is 9.64 Å². The van der Waals surface area contributed by atoms with Crippen molar-refractivity contribution in [3.8, 4) is 0 Å². The number of piperidine rings is 1. The molecule has 1 saturated heterocycles. The van der Waals surface area contributed by atoms with Gasteiger partial charge in [-0.2, -0.15) is 0 Å². The molecule has 1 aromatic rings. The van der Waals surface area contributed by atoms with Crippen LogP contribution in [0, 0.1) is 11.7 Å². The second-order valence-corrected chi connectivity index (χ2v) is 7.72. The van der Waals surface area contributed by atoms with Gasteiger partial charge in [-0.25, -0.2) is 4.39 Å². The van der Waals surface area contributed by atoms with Crippen molar-refractivity contribution in [3.63, 3.8) is 0 Å². The minimum Gasteiger partial charge on any atom is -0.465 e. The average molecular weight is 392 g/mol. The topological polar surface area (TPSA) is 46.6 Å². The molecule has 1 fully saturated rings. The lowest BCUT2D eigenvalue weighted by molar-refractivity contribution is -0.150. The minimum absolute atomic E-state index is 0.106. The Balaban J connectivity index is 1.57. The number of esters is 1. The van der Waals surface area contributed by atoms with E-state index in [2.05, 4.69) is 6.92 Å². The van der Waals surface area contributed by atoms with Gasteiger partial charge in [0.05, 0.1) is 12.5 Å². The van der Waals surface area contributed by atoms with Gasteiger partial charge in [0.15, 0.2) is 0 Å². The van der Waals surface area contributed by atoms with E-state index in [1.54, 1.807) is 4.90 Å². The molecular formula is C23H34FNO3. The smallest absolute Gasteiger partial charge is 0.309 e. The van der Waals surface area contributed by atoms with Crippen molar-refractivity contribution in [2.45, 2.75) is 71.1 Å². The Hall–Kier alpha value is -1.91. The largest absolute Gasteiger partial charge is 0.465 e. The molecule has 0 atom stereocenters. The van der Waals surface area contributed by atoms with Crippen LogP contribution in [0.1, 0.15) is 81.5 Å². The van der Waals surface area contributed by atoms with E-state index in [0.29, 0.717) is 38.1 Å². The van der Waals surface area contributed by atoms with Gasteiger partial charge >= 0.3 is 5.97 Å². The number of ether oxygens (including phenoxy) is 1. The molecule has 0 aromatic heterocycles. The standard InChI is InChI=1S/C23H34FNO3/c1-2-3-4-5-6-7-8-9-18-28-23(27)20-14-16-25(17-15-20)22(26)19-10-12-21(24)13-11-19/h10-13,20H,2-9,14-18H2,1H3. The van der Waals surface area contributed by atoms with Crippen LogP contribution in [0.5, 0.6) is 0 Å². The highest BCUT2D eigenvalue weighted by Crippen LogP contribution is 2.21. The van der Waals surface area contributed by atoms with Crippen molar-refractivity contribution in [2.75, 3.05) is 19.7 Å². The van der Waals surface area contributed by atoms with Crippen molar-refractivity contribution in [1.82, 2.24) is 4.90 Å². The highest BCUT2D eigenvalue weighted by atomic mass is 19.1. The Bertz CT molecular complexity index is 594. The van der Waals surface area contributed by atoms with E-state index in [0.717, 1.165) is 12.8 Å². The molecule has 2 rings (SSSR count). The molecule has 0 saturated carbocycles. The summed E-state index contributed by atoms with van der Waals surface area (Å²) in [5.41, 5.74) is 0.483. The molecule has 1 heterocycles. The maximum Gasteiger partial charge on any atom is 0.309 e. The summed E-state index contributed by atoms with van der Waals surface area (Å²) < 4.78 is 18.4. The Morgan fingerprint density at radius 2 is 1.54 bits per heavy atom. The van der Waals surface area contributed by atoms with Crippen molar-refractivity contribution in [2.24, 2.45) is 5.92 Å². The molecule has 1 aromatic carbocycles. The summed E-state index contributed by atoms with van der Waals surface area (Å²) in [6.45, 7) is 3.80. The fourth-order valence-corrected chi connectivity index (χ4v) is 3.62. The second-order valence-electron chi connectivity index (χ2n) is 7.72. The molecular weight excluding hydrogens is 357 g/mol. The lowest BCUT2D eigenvalue weighted by Gasteiger charge is -2.31. The number of likely N-dealkylation sites (tertiary alicyclic amines) is 1. The molecule has 1 amide bonds. The molecule has 0 spiro atoms. The van der Waals surface area contributed by atoms with Crippen LogP contribution in [0.4, 0.5) is 4.39 Å². The van der Waals surface area contributed by atoms with Gasteiger partial charge in [-0.05, 0) is 43.5 Å². The van der Waals surface area contributed by atoms with E-state index in [4.69, 9.17) is 4.74 Å². The van der Waals surface area contributed by atoms with Crippen molar-refractivity contribution < 1.29 is 18.7 Å². The van der Waals surface area contributed by atoms with E-state index in [9.17, 15) is 14.0 Å². The zero-order valence-electron chi connectivity index (χ0n) is 17.1. The third-order valence-electron chi connectivity index (χ3n) is 5.45. The van der Waals surface area contributed by atoms with Crippen LogP contribution in [0.25, 0.3) is 0 Å². The molecule has 0 aliphatic carbocycles. The highest BCUT2D eigenvalue weighted by molar-refractivity contribution is 5.94. The van der Waals surface area contributed by atoms with Gasteiger partial charge in [-0.1, -0.05) is 51.9 Å². The van der Waals surface area contributed by atoms with Gasteiger partial charge in [0.1, 0.15) is 5.82 Å². The number of rotatable bonds is 11. The third kappa shape index (κ3) is 7.61. The average Bonchev–Trinajstić information content (AvgIpc) is 2.72. The molecule has 0 N–H and O–H groups in total. The quantitative estimate of drug-likeness (QED) is 0.377. The monoisotopic (exact) mass is 391 g/mol. The Labute approximate surface area is 168 Å². The first-order valence-corrected chi connectivity index (χ1v) is 10.8.